The summed E-state index contributed by atoms with van der Waals surface area (Å²) in [5.74, 6) is -1.51. The largest absolute Gasteiger partial charge is 0.493 e. The van der Waals surface area contributed by atoms with Gasteiger partial charge in [0.2, 0.25) is 0 Å². The number of benzene rings is 1. The molecule has 0 aliphatic heterocycles. The molecule has 20 heavy (non-hydrogen) atoms. The Labute approximate surface area is 121 Å². The lowest BCUT2D eigenvalue weighted by atomic mass is 10.1. The molecule has 0 atom stereocenters. The number of aromatic carboxylic acids is 1. The van der Waals surface area contributed by atoms with E-state index in [4.69, 9.17) is 19.1 Å². The summed E-state index contributed by atoms with van der Waals surface area (Å²) in [6.45, 7) is 0. The first-order valence-corrected chi connectivity index (χ1v) is 6.09. The van der Waals surface area contributed by atoms with Crippen LogP contribution in [0.25, 0.3) is 11.3 Å². The van der Waals surface area contributed by atoms with Crippen molar-refractivity contribution in [1.82, 2.24) is 5.16 Å². The molecule has 2 aromatic rings. The fraction of sp³-hybridized carbons (Fsp3) is 0.167. The van der Waals surface area contributed by atoms with Gasteiger partial charge in [0, 0.05) is 12.1 Å². The summed E-state index contributed by atoms with van der Waals surface area (Å²) < 4.78 is 29.3. The molecule has 0 fully saturated rings. The fourth-order valence-electron chi connectivity index (χ4n) is 1.64. The zero-order chi connectivity index (χ0) is 14.9. The lowest BCUT2D eigenvalue weighted by Gasteiger charge is -2.12. The minimum absolute atomic E-state index is 0.00245. The number of nitrogens with zero attached hydrogens (tertiary/aromatic N) is 1. The number of hydrogen-bond donors (Lipinski definition) is 1. The monoisotopic (exact) mass is 345 g/mol. The number of rotatable bonds is 4. The molecule has 1 aromatic heterocycles. The zero-order valence-corrected chi connectivity index (χ0v) is 12.0. The van der Waals surface area contributed by atoms with Crippen molar-refractivity contribution in [1.29, 1.82) is 0 Å². The van der Waals surface area contributed by atoms with E-state index in [1.54, 1.807) is 0 Å². The van der Waals surface area contributed by atoms with E-state index in [0.29, 0.717) is 0 Å². The van der Waals surface area contributed by atoms with Crippen LogP contribution in [0.1, 0.15) is 10.5 Å². The van der Waals surface area contributed by atoms with Crippen LogP contribution in [-0.2, 0) is 0 Å². The first-order chi connectivity index (χ1) is 9.49. The maximum atomic E-state index is 14.1. The fourth-order valence-corrected chi connectivity index (χ4v) is 2.38. The van der Waals surface area contributed by atoms with Crippen LogP contribution in [0, 0.1) is 5.82 Å². The van der Waals surface area contributed by atoms with Gasteiger partial charge in [-0.2, -0.15) is 0 Å². The van der Waals surface area contributed by atoms with Gasteiger partial charge in [-0.25, -0.2) is 9.18 Å². The standard InChI is InChI=1S/C12H9BrFNO5/c1-18-8-3-5(14)9(10(13)11(8)19-2)7-4-6(12(16)17)15-20-7/h3-4H,1-2H3,(H,16,17). The number of carbonyl (C=O) groups is 1. The molecule has 1 N–H and O–H groups in total. The van der Waals surface area contributed by atoms with E-state index in [1.165, 1.54) is 14.2 Å². The van der Waals surface area contributed by atoms with Gasteiger partial charge in [0.1, 0.15) is 5.82 Å². The number of hydrogen-bond acceptors (Lipinski definition) is 5. The Bertz CT molecular complexity index is 670. The normalized spacial score (nSPS) is 10.4. The minimum Gasteiger partial charge on any atom is -0.493 e. The third-order valence-electron chi connectivity index (χ3n) is 2.54. The van der Waals surface area contributed by atoms with Gasteiger partial charge in [0.15, 0.2) is 23.0 Å². The van der Waals surface area contributed by atoms with Crippen molar-refractivity contribution in [2.75, 3.05) is 14.2 Å². The summed E-state index contributed by atoms with van der Waals surface area (Å²) in [6, 6.07) is 2.24. The van der Waals surface area contributed by atoms with Crippen molar-refractivity contribution in [2.24, 2.45) is 0 Å². The number of carboxylic acids is 1. The maximum Gasteiger partial charge on any atom is 0.358 e. The van der Waals surface area contributed by atoms with Gasteiger partial charge in [-0.3, -0.25) is 0 Å². The van der Waals surface area contributed by atoms with Gasteiger partial charge in [0.25, 0.3) is 0 Å². The number of carboxylic acid groups (broad SMARTS) is 1. The summed E-state index contributed by atoms with van der Waals surface area (Å²) in [5, 5.41) is 12.1. The smallest absolute Gasteiger partial charge is 0.358 e. The van der Waals surface area contributed by atoms with E-state index in [0.717, 1.165) is 12.1 Å². The van der Waals surface area contributed by atoms with Crippen LogP contribution in [0.4, 0.5) is 4.39 Å². The summed E-state index contributed by atoms with van der Waals surface area (Å²) in [6.07, 6.45) is 0. The van der Waals surface area contributed by atoms with Crippen LogP contribution >= 0.6 is 15.9 Å². The highest BCUT2D eigenvalue weighted by molar-refractivity contribution is 9.10. The molecule has 0 aliphatic carbocycles. The Kier molecular flexibility index (Phi) is 3.93. The van der Waals surface area contributed by atoms with Crippen LogP contribution in [0.2, 0.25) is 0 Å². The number of aromatic nitrogens is 1. The average Bonchev–Trinajstić information content (AvgIpc) is 2.87. The number of ether oxygens (including phenoxy) is 2. The second-order valence-electron chi connectivity index (χ2n) is 3.66. The first kappa shape index (κ1) is 14.3. The summed E-state index contributed by atoms with van der Waals surface area (Å²) >= 11 is 3.19. The molecule has 6 nitrogen and oxygen atoms in total. The molecule has 0 saturated carbocycles. The molecule has 0 bridgehead atoms. The average molecular weight is 346 g/mol. The lowest BCUT2D eigenvalue weighted by molar-refractivity contribution is 0.0686. The van der Waals surface area contributed by atoms with Crippen molar-refractivity contribution in [3.8, 4) is 22.8 Å². The molecule has 0 amide bonds. The van der Waals surface area contributed by atoms with Crippen LogP contribution in [0.5, 0.6) is 11.5 Å². The molecule has 8 heteroatoms. The number of halogens is 2. The molecule has 1 heterocycles. The molecule has 0 aliphatic rings. The van der Waals surface area contributed by atoms with E-state index in [9.17, 15) is 9.18 Å². The quantitative estimate of drug-likeness (QED) is 0.917. The third kappa shape index (κ3) is 2.34. The van der Waals surface area contributed by atoms with Crippen molar-refractivity contribution < 1.29 is 28.3 Å². The molecule has 0 unspecified atom stereocenters. The molecule has 0 spiro atoms. The summed E-state index contributed by atoms with van der Waals surface area (Å²) in [4.78, 5) is 10.8. The Morgan fingerprint density at radius 3 is 2.60 bits per heavy atom. The molecule has 2 rings (SSSR count). The Hall–Kier alpha value is -2.09. The second-order valence-corrected chi connectivity index (χ2v) is 4.46. The summed E-state index contributed by atoms with van der Waals surface area (Å²) in [5.41, 5.74) is -0.316. The predicted octanol–water partition coefficient (Wildman–Crippen LogP) is 2.96. The van der Waals surface area contributed by atoms with Crippen molar-refractivity contribution in [2.45, 2.75) is 0 Å². The molecule has 0 saturated heterocycles. The highest BCUT2D eigenvalue weighted by Crippen LogP contribution is 2.43. The van der Waals surface area contributed by atoms with E-state index in [-0.39, 0.29) is 33.0 Å². The van der Waals surface area contributed by atoms with Crippen molar-refractivity contribution >= 4 is 21.9 Å². The van der Waals surface area contributed by atoms with Crippen LogP contribution in [-0.4, -0.2) is 30.5 Å². The van der Waals surface area contributed by atoms with Gasteiger partial charge < -0.3 is 19.1 Å². The molecular weight excluding hydrogens is 337 g/mol. The number of methoxy groups -OCH3 is 2. The van der Waals surface area contributed by atoms with Gasteiger partial charge >= 0.3 is 5.97 Å². The van der Waals surface area contributed by atoms with Crippen LogP contribution in [0.15, 0.2) is 21.1 Å². The second kappa shape index (κ2) is 5.49. The van der Waals surface area contributed by atoms with Gasteiger partial charge in [-0.1, -0.05) is 5.16 Å². The van der Waals surface area contributed by atoms with Gasteiger partial charge in [-0.05, 0) is 15.9 Å². The minimum atomic E-state index is -1.27. The molecule has 106 valence electrons. The third-order valence-corrected chi connectivity index (χ3v) is 3.30. The van der Waals surface area contributed by atoms with E-state index in [2.05, 4.69) is 21.1 Å². The first-order valence-electron chi connectivity index (χ1n) is 5.30. The van der Waals surface area contributed by atoms with E-state index >= 15 is 0 Å². The van der Waals surface area contributed by atoms with Crippen LogP contribution < -0.4 is 9.47 Å². The Morgan fingerprint density at radius 1 is 1.40 bits per heavy atom. The van der Waals surface area contributed by atoms with Gasteiger partial charge in [0.05, 0.1) is 24.3 Å². The van der Waals surface area contributed by atoms with Crippen molar-refractivity contribution in [3.63, 3.8) is 0 Å². The van der Waals surface area contributed by atoms with Gasteiger partial charge in [-0.15, -0.1) is 0 Å². The molecular formula is C12H9BrFNO5. The molecule has 0 radical (unpaired) electrons. The molecule has 1 aromatic carbocycles. The van der Waals surface area contributed by atoms with Crippen molar-refractivity contribution in [3.05, 3.63) is 28.1 Å². The Morgan fingerprint density at radius 2 is 2.10 bits per heavy atom. The van der Waals surface area contributed by atoms with E-state index in [1.807, 2.05) is 0 Å². The Balaban J connectivity index is 2.64. The van der Waals surface area contributed by atoms with E-state index < -0.39 is 11.8 Å². The highest BCUT2D eigenvalue weighted by Gasteiger charge is 2.23. The maximum absolute atomic E-state index is 14.1. The topological polar surface area (TPSA) is 81.8 Å². The lowest BCUT2D eigenvalue weighted by Crippen LogP contribution is -1.96. The summed E-state index contributed by atoms with van der Waals surface area (Å²) in [7, 11) is 2.77. The predicted molar refractivity (Wildman–Crippen MR) is 69.7 cm³/mol. The zero-order valence-electron chi connectivity index (χ0n) is 10.4. The SMILES string of the molecule is COc1cc(F)c(-c2cc(C(=O)O)no2)c(Br)c1OC. The highest BCUT2D eigenvalue weighted by atomic mass is 79.9. The van der Waals surface area contributed by atoms with Crippen LogP contribution in [0.3, 0.4) is 0 Å².